The number of nitrogens with one attached hydrogen (secondary N) is 1. The second kappa shape index (κ2) is 4.11. The lowest BCUT2D eigenvalue weighted by Crippen LogP contribution is -2.29. The quantitative estimate of drug-likeness (QED) is 0.475. The van der Waals surface area contributed by atoms with Crippen molar-refractivity contribution in [2.75, 3.05) is 14.1 Å². The van der Waals surface area contributed by atoms with Crippen molar-refractivity contribution in [2.45, 2.75) is 6.54 Å². The van der Waals surface area contributed by atoms with Gasteiger partial charge in [-0.3, -0.25) is 10.4 Å². The van der Waals surface area contributed by atoms with Crippen molar-refractivity contribution in [3.8, 4) is 11.5 Å². The van der Waals surface area contributed by atoms with Gasteiger partial charge in [0.05, 0.1) is 0 Å². The van der Waals surface area contributed by atoms with Crippen molar-refractivity contribution in [2.24, 2.45) is 0 Å². The molecule has 1 aromatic carbocycles. The van der Waals surface area contributed by atoms with Gasteiger partial charge in [0.25, 0.3) is 0 Å². The Morgan fingerprint density at radius 1 is 1.23 bits per heavy atom. The van der Waals surface area contributed by atoms with E-state index in [2.05, 4.69) is 5.43 Å². The fraction of sp³-hybridized carbons (Fsp3) is 0.333. The van der Waals surface area contributed by atoms with Gasteiger partial charge in [-0.1, -0.05) is 6.07 Å². The summed E-state index contributed by atoms with van der Waals surface area (Å²) in [4.78, 5) is 0. The second-order valence-electron chi connectivity index (χ2n) is 3.05. The first kappa shape index (κ1) is 9.83. The molecule has 0 saturated carbocycles. The van der Waals surface area contributed by atoms with E-state index in [0.29, 0.717) is 6.54 Å². The third-order valence-corrected chi connectivity index (χ3v) is 1.64. The molecule has 13 heavy (non-hydrogen) atoms. The highest BCUT2D eigenvalue weighted by molar-refractivity contribution is 5.40. The number of hydrogen-bond donors (Lipinski definition) is 3. The van der Waals surface area contributed by atoms with Crippen LogP contribution in [0, 0.1) is 0 Å². The molecule has 0 spiro atoms. The van der Waals surface area contributed by atoms with Crippen LogP contribution < -0.4 is 5.43 Å². The van der Waals surface area contributed by atoms with Crippen LogP contribution in [0.5, 0.6) is 11.5 Å². The summed E-state index contributed by atoms with van der Waals surface area (Å²) in [6.07, 6.45) is 0. The SMILES string of the molecule is CN(C)NCc1ccc(O)c(O)c1. The van der Waals surface area contributed by atoms with Crippen molar-refractivity contribution < 1.29 is 10.2 Å². The maximum Gasteiger partial charge on any atom is 0.157 e. The van der Waals surface area contributed by atoms with E-state index in [4.69, 9.17) is 5.11 Å². The highest BCUT2D eigenvalue weighted by atomic mass is 16.3. The molecule has 0 amide bonds. The molecule has 0 saturated heterocycles. The fourth-order valence-electron chi connectivity index (χ4n) is 0.928. The number of nitrogens with zero attached hydrogens (tertiary/aromatic N) is 1. The van der Waals surface area contributed by atoms with Crippen LogP contribution in [0.2, 0.25) is 0 Å². The Morgan fingerprint density at radius 2 is 1.92 bits per heavy atom. The smallest absolute Gasteiger partial charge is 0.157 e. The van der Waals surface area contributed by atoms with E-state index in [-0.39, 0.29) is 11.5 Å². The zero-order valence-corrected chi connectivity index (χ0v) is 7.78. The lowest BCUT2D eigenvalue weighted by Gasteiger charge is -2.11. The molecule has 72 valence electrons. The van der Waals surface area contributed by atoms with E-state index in [1.54, 1.807) is 6.07 Å². The average molecular weight is 182 g/mol. The molecule has 0 aliphatic rings. The molecule has 0 unspecified atom stereocenters. The van der Waals surface area contributed by atoms with Crippen LogP contribution in [0.25, 0.3) is 0 Å². The standard InChI is InChI=1S/C9H14N2O2/c1-11(2)10-6-7-3-4-8(12)9(13)5-7/h3-5,10,12-13H,6H2,1-2H3. The predicted molar refractivity (Wildman–Crippen MR) is 50.3 cm³/mol. The largest absolute Gasteiger partial charge is 0.504 e. The zero-order chi connectivity index (χ0) is 9.84. The van der Waals surface area contributed by atoms with Gasteiger partial charge >= 0.3 is 0 Å². The van der Waals surface area contributed by atoms with Gasteiger partial charge in [-0.05, 0) is 17.7 Å². The Bertz CT molecular complexity index is 287. The second-order valence-corrected chi connectivity index (χ2v) is 3.05. The van der Waals surface area contributed by atoms with Crippen molar-refractivity contribution in [1.29, 1.82) is 0 Å². The monoisotopic (exact) mass is 182 g/mol. The summed E-state index contributed by atoms with van der Waals surface area (Å²) >= 11 is 0. The highest BCUT2D eigenvalue weighted by Gasteiger charge is 2.00. The summed E-state index contributed by atoms with van der Waals surface area (Å²) in [5.41, 5.74) is 3.97. The Morgan fingerprint density at radius 3 is 2.46 bits per heavy atom. The molecule has 0 aliphatic heterocycles. The van der Waals surface area contributed by atoms with E-state index >= 15 is 0 Å². The lowest BCUT2D eigenvalue weighted by atomic mass is 10.2. The molecule has 0 bridgehead atoms. The molecule has 0 fully saturated rings. The van der Waals surface area contributed by atoms with Crippen LogP contribution in [0.3, 0.4) is 0 Å². The Hall–Kier alpha value is -1.26. The topological polar surface area (TPSA) is 55.7 Å². The van der Waals surface area contributed by atoms with Gasteiger partial charge in [-0.2, -0.15) is 0 Å². The van der Waals surface area contributed by atoms with Gasteiger partial charge in [-0.25, -0.2) is 0 Å². The van der Waals surface area contributed by atoms with E-state index in [9.17, 15) is 5.11 Å². The molecule has 0 radical (unpaired) electrons. The van der Waals surface area contributed by atoms with E-state index < -0.39 is 0 Å². The number of benzene rings is 1. The van der Waals surface area contributed by atoms with Crippen LogP contribution >= 0.6 is 0 Å². The normalized spacial score (nSPS) is 10.7. The maximum absolute atomic E-state index is 9.17. The van der Waals surface area contributed by atoms with Gasteiger partial charge < -0.3 is 10.2 Å². The van der Waals surface area contributed by atoms with Crippen molar-refractivity contribution in [3.63, 3.8) is 0 Å². The van der Waals surface area contributed by atoms with E-state index in [1.165, 1.54) is 12.1 Å². The summed E-state index contributed by atoms with van der Waals surface area (Å²) < 4.78 is 0. The van der Waals surface area contributed by atoms with Gasteiger partial charge in [-0.15, -0.1) is 0 Å². The molecule has 0 atom stereocenters. The van der Waals surface area contributed by atoms with Crippen LogP contribution in [-0.4, -0.2) is 29.3 Å². The van der Waals surface area contributed by atoms with Crippen molar-refractivity contribution in [1.82, 2.24) is 10.4 Å². The van der Waals surface area contributed by atoms with Crippen LogP contribution in [-0.2, 0) is 6.54 Å². The molecular weight excluding hydrogens is 168 g/mol. The lowest BCUT2D eigenvalue weighted by molar-refractivity contribution is 0.285. The highest BCUT2D eigenvalue weighted by Crippen LogP contribution is 2.24. The zero-order valence-electron chi connectivity index (χ0n) is 7.78. The third kappa shape index (κ3) is 2.93. The molecule has 4 nitrogen and oxygen atoms in total. The Balaban J connectivity index is 2.63. The summed E-state index contributed by atoms with van der Waals surface area (Å²) in [7, 11) is 3.78. The molecule has 1 rings (SSSR count). The first-order valence-electron chi connectivity index (χ1n) is 4.01. The number of hydrogen-bond acceptors (Lipinski definition) is 4. The van der Waals surface area contributed by atoms with E-state index in [1.807, 2.05) is 19.1 Å². The van der Waals surface area contributed by atoms with Crippen molar-refractivity contribution >= 4 is 0 Å². The molecule has 0 aliphatic carbocycles. The number of hydrazine groups is 1. The molecule has 4 heteroatoms. The van der Waals surface area contributed by atoms with Gasteiger partial charge in [0.15, 0.2) is 11.5 Å². The molecule has 1 aromatic rings. The number of rotatable bonds is 3. The number of phenols is 2. The van der Waals surface area contributed by atoms with Crippen LogP contribution in [0.15, 0.2) is 18.2 Å². The summed E-state index contributed by atoms with van der Waals surface area (Å²) in [6.45, 7) is 0.626. The Labute approximate surface area is 77.4 Å². The molecule has 0 heterocycles. The van der Waals surface area contributed by atoms with Gasteiger partial charge in [0, 0.05) is 20.6 Å². The minimum Gasteiger partial charge on any atom is -0.504 e. The van der Waals surface area contributed by atoms with Gasteiger partial charge in [0.2, 0.25) is 0 Å². The fourth-order valence-corrected chi connectivity index (χ4v) is 0.928. The Kier molecular flexibility index (Phi) is 3.11. The third-order valence-electron chi connectivity index (χ3n) is 1.64. The number of aromatic hydroxyl groups is 2. The average Bonchev–Trinajstić information content (AvgIpc) is 2.07. The molecule has 0 aromatic heterocycles. The first-order chi connectivity index (χ1) is 6.09. The van der Waals surface area contributed by atoms with Gasteiger partial charge in [0.1, 0.15) is 0 Å². The summed E-state index contributed by atoms with van der Waals surface area (Å²) in [5.74, 6) is -0.174. The summed E-state index contributed by atoms with van der Waals surface area (Å²) in [5, 5.41) is 20.0. The number of phenolic OH excluding ortho intramolecular Hbond substituents is 2. The van der Waals surface area contributed by atoms with Crippen molar-refractivity contribution in [3.05, 3.63) is 23.8 Å². The predicted octanol–water partition coefficient (Wildman–Crippen LogP) is 0.664. The van der Waals surface area contributed by atoms with E-state index in [0.717, 1.165) is 5.56 Å². The minimum absolute atomic E-state index is 0.0851. The molecular formula is C9H14N2O2. The maximum atomic E-state index is 9.17. The first-order valence-corrected chi connectivity index (χ1v) is 4.01. The van der Waals surface area contributed by atoms with Crippen LogP contribution in [0.1, 0.15) is 5.56 Å². The minimum atomic E-state index is -0.0893. The summed E-state index contributed by atoms with van der Waals surface area (Å²) in [6, 6.07) is 4.76. The van der Waals surface area contributed by atoms with Crippen LogP contribution in [0.4, 0.5) is 0 Å². The molecule has 3 N–H and O–H groups in total.